The fourth-order valence-electron chi connectivity index (χ4n) is 2.82. The first-order valence-electron chi connectivity index (χ1n) is 8.16. The molecule has 1 aromatic carbocycles. The molecule has 1 N–H and O–H groups in total. The average molecular weight is 395 g/mol. The molecule has 1 amide bonds. The number of halogens is 3. The van der Waals surface area contributed by atoms with Gasteiger partial charge in [-0.2, -0.15) is 0 Å². The lowest BCUT2D eigenvalue weighted by Crippen LogP contribution is -2.50. The van der Waals surface area contributed by atoms with Crippen LogP contribution in [0.4, 0.5) is 0 Å². The molecule has 136 valence electrons. The van der Waals surface area contributed by atoms with E-state index in [4.69, 9.17) is 11.6 Å². The third-order valence-corrected chi connectivity index (χ3v) is 4.70. The van der Waals surface area contributed by atoms with Gasteiger partial charge in [0.05, 0.1) is 6.54 Å². The molecule has 0 atom stereocenters. The summed E-state index contributed by atoms with van der Waals surface area (Å²) in [7, 11) is 0. The van der Waals surface area contributed by atoms with E-state index in [9.17, 15) is 4.79 Å². The molecule has 1 aliphatic heterocycles. The Morgan fingerprint density at radius 3 is 2.29 bits per heavy atom. The molecule has 0 unspecified atom stereocenters. The van der Waals surface area contributed by atoms with Crippen LogP contribution in [0.25, 0.3) is 0 Å². The Balaban J connectivity index is 0.00000144. The number of piperazine rings is 1. The Hall–Kier alpha value is -0.520. The van der Waals surface area contributed by atoms with Gasteiger partial charge < -0.3 is 10.2 Å². The second-order valence-corrected chi connectivity index (χ2v) is 6.79. The van der Waals surface area contributed by atoms with E-state index < -0.39 is 0 Å². The minimum absolute atomic E-state index is 0. The number of hydrogen-bond donors (Lipinski definition) is 1. The molecule has 4 nitrogen and oxygen atoms in total. The number of amides is 1. The van der Waals surface area contributed by atoms with E-state index in [-0.39, 0.29) is 30.7 Å². The van der Waals surface area contributed by atoms with Gasteiger partial charge in [-0.15, -0.1) is 24.8 Å². The first-order chi connectivity index (χ1) is 10.7. The van der Waals surface area contributed by atoms with Crippen LogP contribution in [0, 0.1) is 5.92 Å². The van der Waals surface area contributed by atoms with Crippen molar-refractivity contribution in [3.05, 3.63) is 34.9 Å². The largest absolute Gasteiger partial charge is 0.339 e. The fourth-order valence-corrected chi connectivity index (χ4v) is 2.95. The number of carbonyl (C=O) groups is 1. The van der Waals surface area contributed by atoms with E-state index in [1.165, 1.54) is 18.4 Å². The Morgan fingerprint density at radius 1 is 1.08 bits per heavy atom. The van der Waals surface area contributed by atoms with Crippen LogP contribution >= 0.6 is 36.4 Å². The van der Waals surface area contributed by atoms with Gasteiger partial charge in [-0.25, -0.2) is 0 Å². The maximum atomic E-state index is 12.1. The molecule has 1 saturated carbocycles. The van der Waals surface area contributed by atoms with Crippen LogP contribution in [0.2, 0.25) is 5.02 Å². The van der Waals surface area contributed by atoms with Gasteiger partial charge in [0.1, 0.15) is 0 Å². The van der Waals surface area contributed by atoms with Crippen LogP contribution in [0.15, 0.2) is 24.3 Å². The van der Waals surface area contributed by atoms with Crippen LogP contribution in [0.3, 0.4) is 0 Å². The van der Waals surface area contributed by atoms with Crippen molar-refractivity contribution in [2.24, 2.45) is 5.92 Å². The maximum Gasteiger partial charge on any atom is 0.236 e. The van der Waals surface area contributed by atoms with Crippen molar-refractivity contribution in [2.75, 3.05) is 39.3 Å². The van der Waals surface area contributed by atoms with Crippen molar-refractivity contribution in [1.82, 2.24) is 15.1 Å². The molecule has 1 saturated heterocycles. The van der Waals surface area contributed by atoms with Crippen LogP contribution in [0.1, 0.15) is 18.4 Å². The molecule has 7 heteroatoms. The lowest BCUT2D eigenvalue weighted by Gasteiger charge is -2.34. The summed E-state index contributed by atoms with van der Waals surface area (Å²) in [4.78, 5) is 16.5. The summed E-state index contributed by atoms with van der Waals surface area (Å²) in [6.45, 7) is 5.97. The highest BCUT2D eigenvalue weighted by atomic mass is 35.5. The Kier molecular flexibility index (Phi) is 9.39. The number of carbonyl (C=O) groups excluding carboxylic acids is 1. The zero-order valence-electron chi connectivity index (χ0n) is 13.7. The van der Waals surface area contributed by atoms with Gasteiger partial charge in [0.15, 0.2) is 0 Å². The summed E-state index contributed by atoms with van der Waals surface area (Å²) >= 11 is 5.91. The molecule has 0 radical (unpaired) electrons. The molecular weight excluding hydrogens is 369 g/mol. The predicted octanol–water partition coefficient (Wildman–Crippen LogP) is 2.83. The lowest BCUT2D eigenvalue weighted by molar-refractivity contribution is -0.132. The van der Waals surface area contributed by atoms with E-state index in [0.717, 1.165) is 50.2 Å². The molecule has 0 bridgehead atoms. The fraction of sp³-hybridized carbons (Fsp3) is 0.588. The summed E-state index contributed by atoms with van der Waals surface area (Å²) < 4.78 is 0. The number of nitrogens with zero attached hydrogens (tertiary/aromatic N) is 2. The van der Waals surface area contributed by atoms with Crippen LogP contribution in [-0.4, -0.2) is 55.0 Å². The Labute approximate surface area is 161 Å². The molecule has 2 aliphatic rings. The molecule has 24 heavy (non-hydrogen) atoms. The van der Waals surface area contributed by atoms with Gasteiger partial charge in [0.25, 0.3) is 0 Å². The van der Waals surface area contributed by atoms with Gasteiger partial charge in [0, 0.05) is 37.7 Å². The highest BCUT2D eigenvalue weighted by Crippen LogP contribution is 2.27. The van der Waals surface area contributed by atoms with Crippen molar-refractivity contribution in [3.63, 3.8) is 0 Å². The molecule has 3 rings (SSSR count). The van der Waals surface area contributed by atoms with Crippen molar-refractivity contribution < 1.29 is 4.79 Å². The van der Waals surface area contributed by atoms with E-state index >= 15 is 0 Å². The highest BCUT2D eigenvalue weighted by Gasteiger charge is 2.23. The van der Waals surface area contributed by atoms with Crippen LogP contribution < -0.4 is 5.32 Å². The zero-order valence-corrected chi connectivity index (χ0v) is 16.1. The lowest BCUT2D eigenvalue weighted by atomic mass is 10.2. The third kappa shape index (κ3) is 6.77. The predicted molar refractivity (Wildman–Crippen MR) is 103 cm³/mol. The quantitative estimate of drug-likeness (QED) is 0.806. The Morgan fingerprint density at radius 2 is 1.71 bits per heavy atom. The van der Waals surface area contributed by atoms with E-state index in [2.05, 4.69) is 22.3 Å². The van der Waals surface area contributed by atoms with Crippen molar-refractivity contribution in [2.45, 2.75) is 19.4 Å². The smallest absolute Gasteiger partial charge is 0.236 e. The SMILES string of the molecule is Cl.Cl.O=C(CNCC1CC1)N1CCN(Cc2ccc(Cl)cc2)CC1. The average Bonchev–Trinajstić information content (AvgIpc) is 3.34. The van der Waals surface area contributed by atoms with E-state index in [0.29, 0.717) is 6.54 Å². The maximum absolute atomic E-state index is 12.1. The summed E-state index contributed by atoms with van der Waals surface area (Å²) in [5.41, 5.74) is 1.27. The first-order valence-corrected chi connectivity index (χ1v) is 8.54. The van der Waals surface area contributed by atoms with E-state index in [1.54, 1.807) is 0 Å². The summed E-state index contributed by atoms with van der Waals surface area (Å²) in [5, 5.41) is 4.06. The standard InChI is InChI=1S/C17H24ClN3O.2ClH/c18-16-5-3-15(4-6-16)13-20-7-9-21(10-8-20)17(22)12-19-11-14-1-2-14;;/h3-6,14,19H,1-2,7-13H2;2*1H. The normalized spacial score (nSPS) is 17.8. The van der Waals surface area contributed by atoms with Gasteiger partial charge in [-0.05, 0) is 43.0 Å². The molecular formula is C17H26Cl3N3O. The molecule has 1 aromatic rings. The number of hydrogen-bond acceptors (Lipinski definition) is 3. The van der Waals surface area contributed by atoms with Gasteiger partial charge in [-0.3, -0.25) is 9.69 Å². The van der Waals surface area contributed by atoms with Crippen LogP contribution in [0.5, 0.6) is 0 Å². The first kappa shape index (κ1) is 21.5. The molecule has 1 heterocycles. The minimum atomic E-state index is 0. The van der Waals surface area contributed by atoms with Crippen molar-refractivity contribution >= 4 is 42.3 Å². The highest BCUT2D eigenvalue weighted by molar-refractivity contribution is 6.30. The molecule has 2 fully saturated rings. The number of nitrogens with one attached hydrogen (secondary N) is 1. The Bertz CT molecular complexity index is 500. The number of benzene rings is 1. The summed E-state index contributed by atoms with van der Waals surface area (Å²) in [5.74, 6) is 1.07. The third-order valence-electron chi connectivity index (χ3n) is 4.45. The monoisotopic (exact) mass is 393 g/mol. The van der Waals surface area contributed by atoms with Gasteiger partial charge in [-0.1, -0.05) is 23.7 Å². The molecule has 1 aliphatic carbocycles. The van der Waals surface area contributed by atoms with E-state index in [1.807, 2.05) is 17.0 Å². The molecule has 0 spiro atoms. The molecule has 0 aromatic heterocycles. The van der Waals surface area contributed by atoms with Crippen molar-refractivity contribution in [1.29, 1.82) is 0 Å². The van der Waals surface area contributed by atoms with Crippen LogP contribution in [-0.2, 0) is 11.3 Å². The topological polar surface area (TPSA) is 35.6 Å². The minimum Gasteiger partial charge on any atom is -0.339 e. The zero-order chi connectivity index (χ0) is 15.4. The second kappa shape index (κ2) is 10.5. The number of rotatable bonds is 6. The summed E-state index contributed by atoms with van der Waals surface area (Å²) in [6, 6.07) is 8.01. The van der Waals surface area contributed by atoms with Gasteiger partial charge >= 0.3 is 0 Å². The second-order valence-electron chi connectivity index (χ2n) is 6.36. The summed E-state index contributed by atoms with van der Waals surface area (Å²) in [6.07, 6.45) is 2.65. The van der Waals surface area contributed by atoms with Crippen molar-refractivity contribution in [3.8, 4) is 0 Å². The van der Waals surface area contributed by atoms with Gasteiger partial charge in [0.2, 0.25) is 5.91 Å².